The lowest BCUT2D eigenvalue weighted by Crippen LogP contribution is -2.03. The molecule has 0 aliphatic carbocycles. The van der Waals surface area contributed by atoms with Crippen molar-refractivity contribution in [1.29, 1.82) is 5.26 Å². The molecule has 0 amide bonds. The molecule has 0 aliphatic rings. The molecule has 2 aromatic carbocycles. The number of nitrogens with zero attached hydrogens (tertiary/aromatic N) is 1. The number of hydrogen-bond donors (Lipinski definition) is 1. The zero-order chi connectivity index (χ0) is 14.5. The average molecular weight is 268 g/mol. The third-order valence-corrected chi connectivity index (χ3v) is 3.18. The maximum Gasteiger partial charge on any atom is 0.161 e. The maximum atomic E-state index is 9.47. The standard InChI is InChI=1S/C16H16N2O2/c1-19-15-8-7-11(9-16(15)20-2)13(10-17)12-5-3-4-6-14(12)18/h3-9,13H,18H2,1-2H3. The number of nitrogens with two attached hydrogens (primary N) is 1. The number of nitrogen functional groups attached to an aromatic ring is 1. The predicted octanol–water partition coefficient (Wildman–Crippen LogP) is 2.94. The van der Waals surface area contributed by atoms with Crippen LogP contribution in [0.2, 0.25) is 0 Å². The molecule has 0 spiro atoms. The first-order chi connectivity index (χ1) is 9.71. The molecule has 1 unspecified atom stereocenters. The van der Waals surface area contributed by atoms with Crippen molar-refractivity contribution in [3.8, 4) is 17.6 Å². The van der Waals surface area contributed by atoms with Crippen LogP contribution in [0.5, 0.6) is 11.5 Å². The van der Waals surface area contributed by atoms with Crippen LogP contribution in [0.4, 0.5) is 5.69 Å². The Hall–Kier alpha value is -2.67. The van der Waals surface area contributed by atoms with Crippen LogP contribution in [0.1, 0.15) is 17.0 Å². The normalized spacial score (nSPS) is 11.4. The first-order valence-electron chi connectivity index (χ1n) is 6.17. The van der Waals surface area contributed by atoms with Crippen LogP contribution in [0, 0.1) is 11.3 Å². The van der Waals surface area contributed by atoms with Gasteiger partial charge in [0.2, 0.25) is 0 Å². The van der Waals surface area contributed by atoms with Gasteiger partial charge in [-0.15, -0.1) is 0 Å². The molecule has 4 nitrogen and oxygen atoms in total. The van der Waals surface area contributed by atoms with Gasteiger partial charge in [-0.05, 0) is 29.3 Å². The zero-order valence-electron chi connectivity index (χ0n) is 11.5. The highest BCUT2D eigenvalue weighted by Crippen LogP contribution is 2.34. The molecule has 0 radical (unpaired) electrons. The molecule has 2 rings (SSSR count). The fourth-order valence-electron chi connectivity index (χ4n) is 2.13. The van der Waals surface area contributed by atoms with E-state index < -0.39 is 5.92 Å². The summed E-state index contributed by atoms with van der Waals surface area (Å²) in [6.07, 6.45) is 0. The summed E-state index contributed by atoms with van der Waals surface area (Å²) in [6.45, 7) is 0. The number of ether oxygens (including phenoxy) is 2. The van der Waals surface area contributed by atoms with E-state index in [9.17, 15) is 5.26 Å². The van der Waals surface area contributed by atoms with Crippen molar-refractivity contribution in [2.24, 2.45) is 0 Å². The summed E-state index contributed by atoms with van der Waals surface area (Å²) >= 11 is 0. The van der Waals surface area contributed by atoms with Crippen molar-refractivity contribution < 1.29 is 9.47 Å². The minimum absolute atomic E-state index is 0.434. The van der Waals surface area contributed by atoms with Gasteiger partial charge in [0, 0.05) is 5.69 Å². The maximum absolute atomic E-state index is 9.47. The summed E-state index contributed by atoms with van der Waals surface area (Å²) in [4.78, 5) is 0. The first-order valence-corrected chi connectivity index (χ1v) is 6.17. The van der Waals surface area contributed by atoms with E-state index in [1.165, 1.54) is 0 Å². The van der Waals surface area contributed by atoms with Crippen LogP contribution >= 0.6 is 0 Å². The molecule has 0 saturated carbocycles. The van der Waals surface area contributed by atoms with Crippen molar-refractivity contribution in [2.45, 2.75) is 5.92 Å². The summed E-state index contributed by atoms with van der Waals surface area (Å²) in [5.74, 6) is 0.796. The molecule has 0 saturated heterocycles. The zero-order valence-corrected chi connectivity index (χ0v) is 11.5. The van der Waals surface area contributed by atoms with Crippen LogP contribution in [0.3, 0.4) is 0 Å². The monoisotopic (exact) mass is 268 g/mol. The fraction of sp³-hybridized carbons (Fsp3) is 0.188. The highest BCUT2D eigenvalue weighted by Gasteiger charge is 2.17. The Labute approximate surface area is 118 Å². The second kappa shape index (κ2) is 5.98. The highest BCUT2D eigenvalue weighted by molar-refractivity contribution is 5.56. The second-order valence-corrected chi connectivity index (χ2v) is 4.31. The lowest BCUT2D eigenvalue weighted by atomic mass is 9.91. The van der Waals surface area contributed by atoms with Crippen molar-refractivity contribution >= 4 is 5.69 Å². The first kappa shape index (κ1) is 13.8. The topological polar surface area (TPSA) is 68.3 Å². The van der Waals surface area contributed by atoms with Crippen LogP contribution in [-0.4, -0.2) is 14.2 Å². The van der Waals surface area contributed by atoms with E-state index in [2.05, 4.69) is 6.07 Å². The van der Waals surface area contributed by atoms with Crippen molar-refractivity contribution in [3.05, 3.63) is 53.6 Å². The van der Waals surface area contributed by atoms with Crippen molar-refractivity contribution in [3.63, 3.8) is 0 Å². The molecular formula is C16H16N2O2. The number of methoxy groups -OCH3 is 2. The Morgan fingerprint density at radius 3 is 2.35 bits per heavy atom. The number of anilines is 1. The van der Waals surface area contributed by atoms with Crippen LogP contribution in [0.15, 0.2) is 42.5 Å². The van der Waals surface area contributed by atoms with Gasteiger partial charge in [-0.25, -0.2) is 0 Å². The lowest BCUT2D eigenvalue weighted by molar-refractivity contribution is 0.354. The van der Waals surface area contributed by atoms with Crippen LogP contribution in [0.25, 0.3) is 0 Å². The van der Waals surface area contributed by atoms with Crippen molar-refractivity contribution in [2.75, 3.05) is 20.0 Å². The van der Waals surface area contributed by atoms with E-state index in [1.807, 2.05) is 24.3 Å². The molecule has 0 bridgehead atoms. The summed E-state index contributed by atoms with van der Waals surface area (Å²) < 4.78 is 10.5. The molecule has 0 heterocycles. The fourth-order valence-corrected chi connectivity index (χ4v) is 2.13. The Morgan fingerprint density at radius 2 is 1.75 bits per heavy atom. The lowest BCUT2D eigenvalue weighted by Gasteiger charge is -2.15. The molecule has 0 aliphatic heterocycles. The van der Waals surface area contributed by atoms with Crippen molar-refractivity contribution in [1.82, 2.24) is 0 Å². The molecule has 20 heavy (non-hydrogen) atoms. The minimum Gasteiger partial charge on any atom is -0.493 e. The number of rotatable bonds is 4. The molecule has 0 fully saturated rings. The molecule has 4 heteroatoms. The Kier molecular flexibility index (Phi) is 4.11. The number of nitriles is 1. The number of benzene rings is 2. The van der Waals surface area contributed by atoms with Gasteiger partial charge in [0.1, 0.15) is 0 Å². The smallest absolute Gasteiger partial charge is 0.161 e. The van der Waals surface area contributed by atoms with Gasteiger partial charge in [0.15, 0.2) is 11.5 Å². The van der Waals surface area contributed by atoms with E-state index >= 15 is 0 Å². The van der Waals surface area contributed by atoms with E-state index in [1.54, 1.807) is 32.4 Å². The van der Waals surface area contributed by atoms with E-state index in [4.69, 9.17) is 15.2 Å². The van der Waals surface area contributed by atoms with Gasteiger partial charge in [0.05, 0.1) is 26.2 Å². The molecule has 2 aromatic rings. The van der Waals surface area contributed by atoms with E-state index in [0.29, 0.717) is 17.2 Å². The summed E-state index contributed by atoms with van der Waals surface area (Å²) in [7, 11) is 3.15. The molecular weight excluding hydrogens is 252 g/mol. The highest BCUT2D eigenvalue weighted by atomic mass is 16.5. The number of hydrogen-bond acceptors (Lipinski definition) is 4. The SMILES string of the molecule is COc1ccc(C(C#N)c2ccccc2N)cc1OC. The molecule has 102 valence electrons. The van der Waals surface area contributed by atoms with Gasteiger partial charge < -0.3 is 15.2 Å². The number of para-hydroxylation sites is 1. The minimum atomic E-state index is -0.434. The van der Waals surface area contributed by atoms with Gasteiger partial charge in [-0.1, -0.05) is 24.3 Å². The third kappa shape index (κ3) is 2.52. The quantitative estimate of drug-likeness (QED) is 0.866. The van der Waals surface area contributed by atoms with Gasteiger partial charge in [0.25, 0.3) is 0 Å². The van der Waals surface area contributed by atoms with Gasteiger partial charge in [-0.3, -0.25) is 0 Å². The molecule has 1 atom stereocenters. The summed E-state index contributed by atoms with van der Waals surface area (Å²) in [5, 5.41) is 9.47. The Bertz CT molecular complexity index is 647. The van der Waals surface area contributed by atoms with Gasteiger partial charge >= 0.3 is 0 Å². The molecule has 2 N–H and O–H groups in total. The van der Waals surface area contributed by atoms with Crippen LogP contribution < -0.4 is 15.2 Å². The van der Waals surface area contributed by atoms with Gasteiger partial charge in [-0.2, -0.15) is 5.26 Å². The van der Waals surface area contributed by atoms with E-state index in [0.717, 1.165) is 11.1 Å². The Balaban J connectivity index is 2.48. The van der Waals surface area contributed by atoms with Crippen LogP contribution in [-0.2, 0) is 0 Å². The molecule has 0 aromatic heterocycles. The summed E-state index contributed by atoms with van der Waals surface area (Å²) in [6, 6.07) is 15.1. The summed E-state index contributed by atoms with van der Waals surface area (Å²) in [5.41, 5.74) is 8.18. The Morgan fingerprint density at radius 1 is 1.05 bits per heavy atom. The third-order valence-electron chi connectivity index (χ3n) is 3.18. The second-order valence-electron chi connectivity index (χ2n) is 4.31. The predicted molar refractivity (Wildman–Crippen MR) is 77.9 cm³/mol. The largest absolute Gasteiger partial charge is 0.493 e. The average Bonchev–Trinajstić information content (AvgIpc) is 2.49. The van der Waals surface area contributed by atoms with E-state index in [-0.39, 0.29) is 0 Å².